The van der Waals surface area contributed by atoms with E-state index in [0.717, 1.165) is 5.69 Å². The summed E-state index contributed by atoms with van der Waals surface area (Å²) in [4.78, 5) is 16.3. The van der Waals surface area contributed by atoms with Crippen LogP contribution in [0.2, 0.25) is 5.02 Å². The monoisotopic (exact) mass is 277 g/mol. The van der Waals surface area contributed by atoms with Gasteiger partial charge in [0.15, 0.2) is 0 Å². The molecule has 0 aliphatic heterocycles. The number of rotatable bonds is 4. The van der Waals surface area contributed by atoms with Gasteiger partial charge in [0.2, 0.25) is 0 Å². The van der Waals surface area contributed by atoms with E-state index in [1.165, 1.54) is 18.2 Å². The molecule has 4 nitrogen and oxygen atoms in total. The van der Waals surface area contributed by atoms with Gasteiger partial charge >= 0.3 is 5.97 Å². The fraction of sp³-hybridized carbons (Fsp3) is 0.0714. The second-order valence-corrected chi connectivity index (χ2v) is 4.25. The van der Waals surface area contributed by atoms with Crippen LogP contribution in [-0.4, -0.2) is 18.2 Å². The second kappa shape index (κ2) is 5.73. The molecule has 0 saturated carbocycles. The summed E-state index contributed by atoms with van der Waals surface area (Å²) in [6.45, 7) is 0. The highest BCUT2D eigenvalue weighted by molar-refractivity contribution is 6.30. The quantitative estimate of drug-likeness (QED) is 0.865. The Labute approximate surface area is 115 Å². The molecule has 2 rings (SSSR count). The van der Waals surface area contributed by atoms with Crippen LogP contribution in [0.3, 0.4) is 0 Å². The Balaban J connectivity index is 2.39. The largest absolute Gasteiger partial charge is 0.478 e. The second-order valence-electron chi connectivity index (χ2n) is 3.81. The van der Waals surface area contributed by atoms with E-state index in [1.54, 1.807) is 42.5 Å². The summed E-state index contributed by atoms with van der Waals surface area (Å²) in [6, 6.07) is 13.6. The number of nitrogens with zero attached hydrogens (tertiary/aromatic N) is 1. The van der Waals surface area contributed by atoms with Crippen molar-refractivity contribution in [2.24, 2.45) is 0 Å². The van der Waals surface area contributed by atoms with E-state index in [4.69, 9.17) is 21.5 Å². The summed E-state index contributed by atoms with van der Waals surface area (Å²) >= 11 is 5.84. The molecular formula is C14H12ClNO3. The SMILES string of the molecule is CON(c1ccc(Cl)cc1)c1cccc(C(=O)O)c1. The normalized spacial score (nSPS) is 10.2. The van der Waals surface area contributed by atoms with Crippen LogP contribution in [0.25, 0.3) is 0 Å². The smallest absolute Gasteiger partial charge is 0.335 e. The standard InChI is InChI=1S/C14H12ClNO3/c1-19-16(12-7-5-11(15)6-8-12)13-4-2-3-10(9-13)14(17)18/h2-9H,1H3,(H,17,18). The molecule has 98 valence electrons. The molecule has 0 aromatic heterocycles. The average Bonchev–Trinajstić information content (AvgIpc) is 2.42. The van der Waals surface area contributed by atoms with E-state index >= 15 is 0 Å². The fourth-order valence-corrected chi connectivity index (χ4v) is 1.83. The topological polar surface area (TPSA) is 49.8 Å². The van der Waals surface area contributed by atoms with Crippen LogP contribution < -0.4 is 5.06 Å². The van der Waals surface area contributed by atoms with E-state index in [0.29, 0.717) is 10.7 Å². The van der Waals surface area contributed by atoms with E-state index in [1.807, 2.05) is 0 Å². The van der Waals surface area contributed by atoms with Gasteiger partial charge in [-0.05, 0) is 42.5 Å². The highest BCUT2D eigenvalue weighted by atomic mass is 35.5. The Kier molecular flexibility index (Phi) is 4.04. The summed E-state index contributed by atoms with van der Waals surface area (Å²) in [5.74, 6) is -0.978. The van der Waals surface area contributed by atoms with Crippen molar-refractivity contribution in [2.45, 2.75) is 0 Å². The maximum Gasteiger partial charge on any atom is 0.335 e. The van der Waals surface area contributed by atoms with Crippen LogP contribution in [0.1, 0.15) is 10.4 Å². The lowest BCUT2D eigenvalue weighted by Gasteiger charge is -2.22. The van der Waals surface area contributed by atoms with Crippen molar-refractivity contribution in [1.82, 2.24) is 0 Å². The number of benzene rings is 2. The Bertz CT molecular complexity index is 583. The molecule has 0 unspecified atom stereocenters. The summed E-state index contributed by atoms with van der Waals surface area (Å²) in [5.41, 5.74) is 1.59. The first-order valence-electron chi connectivity index (χ1n) is 5.55. The van der Waals surface area contributed by atoms with Crippen molar-refractivity contribution in [2.75, 3.05) is 12.2 Å². The lowest BCUT2D eigenvalue weighted by Crippen LogP contribution is -2.15. The third kappa shape index (κ3) is 3.05. The number of halogens is 1. The minimum Gasteiger partial charge on any atom is -0.478 e. The molecule has 2 aromatic carbocycles. The third-order valence-electron chi connectivity index (χ3n) is 2.57. The molecule has 5 heteroatoms. The van der Waals surface area contributed by atoms with Gasteiger partial charge < -0.3 is 5.11 Å². The zero-order valence-electron chi connectivity index (χ0n) is 10.2. The Morgan fingerprint density at radius 1 is 1.16 bits per heavy atom. The van der Waals surface area contributed by atoms with Crippen LogP contribution >= 0.6 is 11.6 Å². The van der Waals surface area contributed by atoms with Crippen LogP contribution in [0.15, 0.2) is 48.5 Å². The lowest BCUT2D eigenvalue weighted by atomic mass is 10.2. The van der Waals surface area contributed by atoms with Gasteiger partial charge in [0, 0.05) is 5.02 Å². The molecule has 0 heterocycles. The van der Waals surface area contributed by atoms with Gasteiger partial charge in [0.25, 0.3) is 0 Å². The fourth-order valence-electron chi connectivity index (χ4n) is 1.70. The first-order valence-corrected chi connectivity index (χ1v) is 5.93. The molecule has 2 aromatic rings. The number of carboxylic acid groups (broad SMARTS) is 1. The number of carboxylic acids is 1. The number of anilines is 2. The molecule has 19 heavy (non-hydrogen) atoms. The Morgan fingerprint density at radius 3 is 2.42 bits per heavy atom. The Morgan fingerprint density at radius 2 is 1.84 bits per heavy atom. The first kappa shape index (κ1) is 13.4. The van der Waals surface area contributed by atoms with Crippen LogP contribution in [0.5, 0.6) is 0 Å². The Hall–Kier alpha value is -2.04. The number of hydrogen-bond donors (Lipinski definition) is 1. The van der Waals surface area contributed by atoms with Crippen molar-refractivity contribution in [1.29, 1.82) is 0 Å². The first-order chi connectivity index (χ1) is 9.11. The average molecular weight is 278 g/mol. The van der Waals surface area contributed by atoms with E-state index in [-0.39, 0.29) is 5.56 Å². The van der Waals surface area contributed by atoms with Gasteiger partial charge in [-0.2, -0.15) is 0 Å². The molecule has 0 bridgehead atoms. The molecule has 0 amide bonds. The molecule has 0 atom stereocenters. The minimum absolute atomic E-state index is 0.202. The highest BCUT2D eigenvalue weighted by Gasteiger charge is 2.11. The van der Waals surface area contributed by atoms with Gasteiger partial charge in [0.1, 0.15) is 0 Å². The van der Waals surface area contributed by atoms with Gasteiger partial charge in [-0.1, -0.05) is 17.7 Å². The molecule has 0 fully saturated rings. The van der Waals surface area contributed by atoms with Crippen molar-refractivity contribution in [3.05, 3.63) is 59.1 Å². The van der Waals surface area contributed by atoms with Crippen LogP contribution in [0.4, 0.5) is 11.4 Å². The van der Waals surface area contributed by atoms with Crippen molar-refractivity contribution in [3.8, 4) is 0 Å². The molecule has 0 radical (unpaired) electrons. The number of hydrogen-bond acceptors (Lipinski definition) is 3. The summed E-state index contributed by atoms with van der Waals surface area (Å²) in [5, 5.41) is 11.1. The van der Waals surface area contributed by atoms with Gasteiger partial charge in [-0.3, -0.25) is 4.84 Å². The summed E-state index contributed by atoms with van der Waals surface area (Å²) in [6.07, 6.45) is 0. The number of aromatic carboxylic acids is 1. The number of carbonyl (C=O) groups is 1. The third-order valence-corrected chi connectivity index (χ3v) is 2.82. The predicted octanol–water partition coefficient (Wildman–Crippen LogP) is 3.74. The molecule has 0 saturated heterocycles. The van der Waals surface area contributed by atoms with Crippen molar-refractivity contribution < 1.29 is 14.7 Å². The zero-order chi connectivity index (χ0) is 13.8. The molecule has 0 aliphatic carbocycles. The van der Waals surface area contributed by atoms with Crippen LogP contribution in [0, 0.1) is 0 Å². The van der Waals surface area contributed by atoms with Gasteiger partial charge in [-0.15, -0.1) is 0 Å². The molecular weight excluding hydrogens is 266 g/mol. The van der Waals surface area contributed by atoms with Crippen LogP contribution in [-0.2, 0) is 4.84 Å². The maximum atomic E-state index is 11.0. The van der Waals surface area contributed by atoms with Gasteiger partial charge in [-0.25, -0.2) is 9.86 Å². The van der Waals surface area contributed by atoms with Crippen molar-refractivity contribution in [3.63, 3.8) is 0 Å². The maximum absolute atomic E-state index is 11.0. The lowest BCUT2D eigenvalue weighted by molar-refractivity contribution is 0.0697. The molecule has 0 spiro atoms. The van der Waals surface area contributed by atoms with Crippen molar-refractivity contribution >= 4 is 28.9 Å². The van der Waals surface area contributed by atoms with Gasteiger partial charge in [0.05, 0.1) is 24.0 Å². The van der Waals surface area contributed by atoms with E-state index in [2.05, 4.69) is 0 Å². The molecule has 1 N–H and O–H groups in total. The zero-order valence-corrected chi connectivity index (χ0v) is 11.0. The van der Waals surface area contributed by atoms with E-state index in [9.17, 15) is 4.79 Å². The predicted molar refractivity (Wildman–Crippen MR) is 74.0 cm³/mol. The summed E-state index contributed by atoms with van der Waals surface area (Å²) in [7, 11) is 1.52. The highest BCUT2D eigenvalue weighted by Crippen LogP contribution is 2.27. The minimum atomic E-state index is -0.978. The molecule has 0 aliphatic rings. The summed E-state index contributed by atoms with van der Waals surface area (Å²) < 4.78 is 0. The van der Waals surface area contributed by atoms with E-state index < -0.39 is 5.97 Å².